The summed E-state index contributed by atoms with van der Waals surface area (Å²) in [4.78, 5) is 2.27. The van der Waals surface area contributed by atoms with Crippen LogP contribution in [0.5, 0.6) is 5.75 Å². The number of rotatable bonds is 8. The first-order valence-corrected chi connectivity index (χ1v) is 7.41. The van der Waals surface area contributed by atoms with Gasteiger partial charge in [-0.2, -0.15) is 0 Å². The Labute approximate surface area is 126 Å². The SMILES string of the molecule is COCCNCCN(C)Cc1cc(Cl)cc2c1OCC2. The van der Waals surface area contributed by atoms with Crippen LogP contribution in [-0.4, -0.2) is 51.9 Å². The summed E-state index contributed by atoms with van der Waals surface area (Å²) in [5.74, 6) is 1.04. The van der Waals surface area contributed by atoms with Gasteiger partial charge in [0.1, 0.15) is 5.75 Å². The summed E-state index contributed by atoms with van der Waals surface area (Å²) in [6.45, 7) is 5.19. The number of hydrogen-bond donors (Lipinski definition) is 1. The lowest BCUT2D eigenvalue weighted by Crippen LogP contribution is -2.30. The van der Waals surface area contributed by atoms with E-state index in [-0.39, 0.29) is 0 Å². The van der Waals surface area contributed by atoms with Crippen molar-refractivity contribution in [3.63, 3.8) is 0 Å². The third kappa shape index (κ3) is 4.35. The van der Waals surface area contributed by atoms with Crippen molar-refractivity contribution in [3.05, 3.63) is 28.3 Å². The van der Waals surface area contributed by atoms with Crippen molar-refractivity contribution in [2.45, 2.75) is 13.0 Å². The molecular formula is C15H23ClN2O2. The van der Waals surface area contributed by atoms with E-state index >= 15 is 0 Å². The third-order valence-electron chi connectivity index (χ3n) is 3.42. The molecule has 1 aliphatic heterocycles. The fourth-order valence-corrected chi connectivity index (χ4v) is 2.67. The highest BCUT2D eigenvalue weighted by Gasteiger charge is 2.18. The smallest absolute Gasteiger partial charge is 0.127 e. The molecule has 1 aromatic rings. The van der Waals surface area contributed by atoms with Crippen LogP contribution in [-0.2, 0) is 17.7 Å². The molecule has 2 rings (SSSR count). The van der Waals surface area contributed by atoms with Crippen molar-refractivity contribution in [1.82, 2.24) is 10.2 Å². The Kier molecular flexibility index (Phi) is 6.10. The van der Waals surface area contributed by atoms with Crippen molar-refractivity contribution >= 4 is 11.6 Å². The number of benzene rings is 1. The molecule has 0 bridgehead atoms. The Morgan fingerprint density at radius 3 is 3.05 bits per heavy atom. The number of hydrogen-bond acceptors (Lipinski definition) is 4. The highest BCUT2D eigenvalue weighted by molar-refractivity contribution is 6.30. The Hall–Kier alpha value is -0.810. The van der Waals surface area contributed by atoms with E-state index in [9.17, 15) is 0 Å². The molecule has 5 heteroatoms. The molecule has 0 unspecified atom stereocenters. The van der Waals surface area contributed by atoms with E-state index in [0.717, 1.165) is 56.6 Å². The zero-order chi connectivity index (χ0) is 14.4. The van der Waals surface area contributed by atoms with Crippen LogP contribution in [0, 0.1) is 0 Å². The van der Waals surface area contributed by atoms with Gasteiger partial charge in [-0.1, -0.05) is 11.6 Å². The standard InChI is InChI=1S/C15H23ClN2O2/c1-18(6-4-17-5-8-19-2)11-13-10-14(16)9-12-3-7-20-15(12)13/h9-10,17H,3-8,11H2,1-2H3. The maximum atomic E-state index is 6.17. The normalized spacial score (nSPS) is 13.6. The van der Waals surface area contributed by atoms with Gasteiger partial charge in [-0.05, 0) is 24.7 Å². The van der Waals surface area contributed by atoms with Gasteiger partial charge in [-0.15, -0.1) is 0 Å². The zero-order valence-electron chi connectivity index (χ0n) is 12.2. The molecule has 0 radical (unpaired) electrons. The molecule has 0 spiro atoms. The van der Waals surface area contributed by atoms with Crippen molar-refractivity contribution in [1.29, 1.82) is 0 Å². The van der Waals surface area contributed by atoms with Gasteiger partial charge in [0.25, 0.3) is 0 Å². The minimum Gasteiger partial charge on any atom is -0.493 e. The van der Waals surface area contributed by atoms with Crippen LogP contribution in [0.2, 0.25) is 5.02 Å². The molecular weight excluding hydrogens is 276 g/mol. The van der Waals surface area contributed by atoms with E-state index in [2.05, 4.69) is 17.3 Å². The third-order valence-corrected chi connectivity index (χ3v) is 3.64. The van der Waals surface area contributed by atoms with Crippen LogP contribution < -0.4 is 10.1 Å². The van der Waals surface area contributed by atoms with E-state index in [1.807, 2.05) is 12.1 Å². The summed E-state index contributed by atoms with van der Waals surface area (Å²) >= 11 is 6.17. The molecule has 112 valence electrons. The molecule has 1 heterocycles. The molecule has 1 N–H and O–H groups in total. The van der Waals surface area contributed by atoms with Crippen molar-refractivity contribution in [2.75, 3.05) is 47.0 Å². The molecule has 0 atom stereocenters. The van der Waals surface area contributed by atoms with E-state index in [1.165, 1.54) is 11.1 Å². The number of methoxy groups -OCH3 is 1. The number of likely N-dealkylation sites (N-methyl/N-ethyl adjacent to an activating group) is 1. The molecule has 0 fully saturated rings. The Balaban J connectivity index is 1.84. The fraction of sp³-hybridized carbons (Fsp3) is 0.600. The quantitative estimate of drug-likeness (QED) is 0.744. The predicted octanol–water partition coefficient (Wildman–Crippen LogP) is 1.94. The molecule has 0 aliphatic carbocycles. The number of ether oxygens (including phenoxy) is 2. The molecule has 1 aliphatic rings. The minimum atomic E-state index is 0.749. The lowest BCUT2D eigenvalue weighted by atomic mass is 10.1. The highest BCUT2D eigenvalue weighted by Crippen LogP contribution is 2.33. The first kappa shape index (κ1) is 15.6. The fourth-order valence-electron chi connectivity index (χ4n) is 2.40. The van der Waals surface area contributed by atoms with Gasteiger partial charge in [0.05, 0.1) is 13.2 Å². The monoisotopic (exact) mass is 298 g/mol. The molecule has 1 aromatic carbocycles. The van der Waals surface area contributed by atoms with Crippen LogP contribution in [0.25, 0.3) is 0 Å². The summed E-state index contributed by atoms with van der Waals surface area (Å²) in [6.07, 6.45) is 0.963. The second-order valence-corrected chi connectivity index (χ2v) is 5.57. The van der Waals surface area contributed by atoms with Gasteiger partial charge in [0, 0.05) is 50.3 Å². The van der Waals surface area contributed by atoms with Crippen LogP contribution in [0.1, 0.15) is 11.1 Å². The molecule has 0 aromatic heterocycles. The van der Waals surface area contributed by atoms with Crippen LogP contribution in [0.3, 0.4) is 0 Å². The van der Waals surface area contributed by atoms with E-state index in [4.69, 9.17) is 21.1 Å². The van der Waals surface area contributed by atoms with Crippen molar-refractivity contribution < 1.29 is 9.47 Å². The van der Waals surface area contributed by atoms with Crippen LogP contribution in [0.15, 0.2) is 12.1 Å². The predicted molar refractivity (Wildman–Crippen MR) is 81.7 cm³/mol. The van der Waals surface area contributed by atoms with E-state index in [1.54, 1.807) is 7.11 Å². The van der Waals surface area contributed by atoms with Crippen LogP contribution in [0.4, 0.5) is 0 Å². The molecule has 0 amide bonds. The highest BCUT2D eigenvalue weighted by atomic mass is 35.5. The summed E-state index contributed by atoms with van der Waals surface area (Å²) in [5.41, 5.74) is 2.42. The summed E-state index contributed by atoms with van der Waals surface area (Å²) in [5, 5.41) is 4.14. The Morgan fingerprint density at radius 2 is 2.25 bits per heavy atom. The molecule has 0 saturated heterocycles. The van der Waals surface area contributed by atoms with Crippen molar-refractivity contribution in [2.24, 2.45) is 0 Å². The van der Waals surface area contributed by atoms with Gasteiger partial charge in [-0.3, -0.25) is 0 Å². The van der Waals surface area contributed by atoms with Gasteiger partial charge < -0.3 is 19.7 Å². The van der Waals surface area contributed by atoms with Crippen LogP contribution >= 0.6 is 11.6 Å². The first-order valence-electron chi connectivity index (χ1n) is 7.03. The summed E-state index contributed by atoms with van der Waals surface area (Å²) in [7, 11) is 3.83. The Bertz CT molecular complexity index is 440. The minimum absolute atomic E-state index is 0.749. The molecule has 0 saturated carbocycles. The first-order chi connectivity index (χ1) is 9.70. The average molecular weight is 299 g/mol. The largest absolute Gasteiger partial charge is 0.493 e. The molecule has 20 heavy (non-hydrogen) atoms. The lowest BCUT2D eigenvalue weighted by molar-refractivity contribution is 0.197. The number of fused-ring (bicyclic) bond motifs is 1. The van der Waals surface area contributed by atoms with Gasteiger partial charge in [-0.25, -0.2) is 0 Å². The second-order valence-electron chi connectivity index (χ2n) is 5.13. The number of nitrogens with one attached hydrogen (secondary N) is 1. The average Bonchev–Trinajstić information content (AvgIpc) is 2.86. The zero-order valence-corrected chi connectivity index (χ0v) is 13.0. The number of halogens is 1. The van der Waals surface area contributed by atoms with Gasteiger partial charge in [0.15, 0.2) is 0 Å². The van der Waals surface area contributed by atoms with E-state index in [0.29, 0.717) is 0 Å². The Morgan fingerprint density at radius 1 is 1.40 bits per heavy atom. The van der Waals surface area contributed by atoms with E-state index < -0.39 is 0 Å². The maximum absolute atomic E-state index is 6.17. The lowest BCUT2D eigenvalue weighted by Gasteiger charge is -2.19. The summed E-state index contributed by atoms with van der Waals surface area (Å²) in [6, 6.07) is 4.03. The van der Waals surface area contributed by atoms with Crippen molar-refractivity contribution in [3.8, 4) is 5.75 Å². The second kappa shape index (κ2) is 7.84. The number of nitrogens with zero attached hydrogens (tertiary/aromatic N) is 1. The topological polar surface area (TPSA) is 33.7 Å². The van der Waals surface area contributed by atoms with Gasteiger partial charge >= 0.3 is 0 Å². The summed E-state index contributed by atoms with van der Waals surface area (Å²) < 4.78 is 10.7. The maximum Gasteiger partial charge on any atom is 0.127 e. The molecule has 4 nitrogen and oxygen atoms in total. The van der Waals surface area contributed by atoms with Gasteiger partial charge in [0.2, 0.25) is 0 Å².